The first-order chi connectivity index (χ1) is 8.52. The maximum Gasteiger partial charge on any atom is 0.369 e. The van der Waals surface area contributed by atoms with Gasteiger partial charge in [0, 0.05) is 14.0 Å². The SMILES string of the molecule is COc1ccc(N(C)OC(=O)COC(C)=O)cc1. The van der Waals surface area contributed by atoms with E-state index in [1.807, 2.05) is 0 Å². The third kappa shape index (κ3) is 4.32. The molecule has 0 heterocycles. The number of benzene rings is 1. The van der Waals surface area contributed by atoms with Gasteiger partial charge >= 0.3 is 11.9 Å². The van der Waals surface area contributed by atoms with Gasteiger partial charge in [-0.2, -0.15) is 0 Å². The molecule has 1 rings (SSSR count). The standard InChI is InChI=1S/C12H15NO5/c1-9(14)17-8-12(15)18-13(2)10-4-6-11(16-3)7-5-10/h4-7H,8H2,1-3H3. The molecule has 6 heteroatoms. The summed E-state index contributed by atoms with van der Waals surface area (Å²) in [7, 11) is 3.14. The number of rotatable bonds is 5. The van der Waals surface area contributed by atoms with Crippen LogP contribution in [0.15, 0.2) is 24.3 Å². The van der Waals surface area contributed by atoms with E-state index in [2.05, 4.69) is 4.74 Å². The molecule has 0 N–H and O–H groups in total. The van der Waals surface area contributed by atoms with Crippen LogP contribution in [0.3, 0.4) is 0 Å². The van der Waals surface area contributed by atoms with Gasteiger partial charge in [0.15, 0.2) is 6.61 Å². The highest BCUT2D eigenvalue weighted by atomic mass is 16.7. The molecule has 0 aliphatic carbocycles. The maximum atomic E-state index is 11.3. The predicted molar refractivity (Wildman–Crippen MR) is 64.1 cm³/mol. The lowest BCUT2D eigenvalue weighted by Crippen LogP contribution is -2.26. The van der Waals surface area contributed by atoms with E-state index in [0.29, 0.717) is 11.4 Å². The molecule has 98 valence electrons. The van der Waals surface area contributed by atoms with Crippen molar-refractivity contribution in [3.05, 3.63) is 24.3 Å². The zero-order valence-electron chi connectivity index (χ0n) is 10.5. The van der Waals surface area contributed by atoms with Crippen LogP contribution in [-0.2, 0) is 19.2 Å². The molecule has 0 radical (unpaired) electrons. The molecular formula is C12H15NO5. The van der Waals surface area contributed by atoms with Crippen LogP contribution in [0.4, 0.5) is 5.69 Å². The number of hydrogen-bond donors (Lipinski definition) is 0. The van der Waals surface area contributed by atoms with Gasteiger partial charge in [-0.3, -0.25) is 4.79 Å². The molecule has 0 bridgehead atoms. The minimum absolute atomic E-state index is 0.407. The first-order valence-corrected chi connectivity index (χ1v) is 5.25. The molecule has 0 aliphatic rings. The summed E-state index contributed by atoms with van der Waals surface area (Å²) in [6, 6.07) is 6.95. The molecular weight excluding hydrogens is 238 g/mol. The minimum atomic E-state index is -0.650. The van der Waals surface area contributed by atoms with Gasteiger partial charge in [-0.1, -0.05) is 0 Å². The monoisotopic (exact) mass is 253 g/mol. The topological polar surface area (TPSA) is 65.1 Å². The normalized spacial score (nSPS) is 9.50. The van der Waals surface area contributed by atoms with E-state index in [0.717, 1.165) is 0 Å². The average Bonchev–Trinajstić information content (AvgIpc) is 2.36. The fraction of sp³-hybridized carbons (Fsp3) is 0.333. The molecule has 1 aromatic rings. The quantitative estimate of drug-likeness (QED) is 0.579. The predicted octanol–water partition coefficient (Wildman–Crippen LogP) is 1.15. The van der Waals surface area contributed by atoms with Crippen LogP contribution >= 0.6 is 0 Å². The number of carbonyl (C=O) groups is 2. The summed E-state index contributed by atoms with van der Waals surface area (Å²) in [6.45, 7) is 0.816. The van der Waals surface area contributed by atoms with Crippen molar-refractivity contribution in [1.82, 2.24) is 0 Å². The van der Waals surface area contributed by atoms with Crippen molar-refractivity contribution in [3.63, 3.8) is 0 Å². The van der Waals surface area contributed by atoms with Crippen LogP contribution in [0.2, 0.25) is 0 Å². The van der Waals surface area contributed by atoms with Gasteiger partial charge in [0.2, 0.25) is 0 Å². The van der Waals surface area contributed by atoms with E-state index in [1.165, 1.54) is 12.0 Å². The molecule has 18 heavy (non-hydrogen) atoms. The molecule has 0 amide bonds. The van der Waals surface area contributed by atoms with Gasteiger partial charge in [-0.25, -0.2) is 9.86 Å². The number of esters is 1. The minimum Gasteiger partial charge on any atom is -0.497 e. The highest BCUT2D eigenvalue weighted by molar-refractivity contribution is 5.76. The van der Waals surface area contributed by atoms with Crippen molar-refractivity contribution in [2.45, 2.75) is 6.92 Å². The number of hydrogen-bond acceptors (Lipinski definition) is 6. The molecule has 0 atom stereocenters. The third-order valence-corrected chi connectivity index (χ3v) is 2.07. The van der Waals surface area contributed by atoms with Crippen molar-refractivity contribution < 1.29 is 23.9 Å². The lowest BCUT2D eigenvalue weighted by molar-refractivity contribution is -0.158. The summed E-state index contributed by atoms with van der Waals surface area (Å²) in [5, 5.41) is 1.28. The Bertz CT molecular complexity index is 415. The third-order valence-electron chi connectivity index (χ3n) is 2.07. The highest BCUT2D eigenvalue weighted by Gasteiger charge is 2.10. The Kier molecular flexibility index (Phi) is 4.98. The second-order valence-electron chi connectivity index (χ2n) is 3.44. The summed E-state index contributed by atoms with van der Waals surface area (Å²) in [5.74, 6) is -0.471. The smallest absolute Gasteiger partial charge is 0.369 e. The first kappa shape index (κ1) is 13.8. The van der Waals surface area contributed by atoms with Gasteiger partial charge in [0.1, 0.15) is 5.75 Å². The van der Waals surface area contributed by atoms with Crippen molar-refractivity contribution in [1.29, 1.82) is 0 Å². The van der Waals surface area contributed by atoms with Gasteiger partial charge in [-0.05, 0) is 24.3 Å². The fourth-order valence-corrected chi connectivity index (χ4v) is 1.18. The van der Waals surface area contributed by atoms with E-state index >= 15 is 0 Å². The van der Waals surface area contributed by atoms with Gasteiger partial charge < -0.3 is 14.3 Å². The number of hydroxylamine groups is 1. The van der Waals surface area contributed by atoms with Crippen molar-refractivity contribution >= 4 is 17.6 Å². The Hall–Kier alpha value is -2.24. The Labute approximate surface area is 105 Å². The van der Waals surface area contributed by atoms with Crippen LogP contribution in [-0.4, -0.2) is 32.7 Å². The highest BCUT2D eigenvalue weighted by Crippen LogP contribution is 2.18. The second kappa shape index (κ2) is 6.48. The average molecular weight is 253 g/mol. The summed E-state index contributed by atoms with van der Waals surface area (Å²) in [5.41, 5.74) is 0.673. The summed E-state index contributed by atoms with van der Waals surface area (Å²) in [4.78, 5) is 26.7. The van der Waals surface area contributed by atoms with E-state index in [-0.39, 0.29) is 0 Å². The molecule has 0 unspecified atom stereocenters. The van der Waals surface area contributed by atoms with Crippen LogP contribution in [0.1, 0.15) is 6.92 Å². The zero-order chi connectivity index (χ0) is 13.5. The molecule has 0 aromatic heterocycles. The maximum absolute atomic E-state index is 11.3. The lowest BCUT2D eigenvalue weighted by Gasteiger charge is -2.18. The summed E-state index contributed by atoms with van der Waals surface area (Å²) in [6.07, 6.45) is 0. The second-order valence-corrected chi connectivity index (χ2v) is 3.44. The van der Waals surface area contributed by atoms with Crippen molar-refractivity contribution in [2.24, 2.45) is 0 Å². The number of nitrogens with zero attached hydrogens (tertiary/aromatic N) is 1. The van der Waals surface area contributed by atoms with Gasteiger partial charge in [-0.15, -0.1) is 0 Å². The number of carbonyl (C=O) groups excluding carboxylic acids is 2. The lowest BCUT2D eigenvalue weighted by atomic mass is 10.3. The molecule has 0 aliphatic heterocycles. The molecule has 1 aromatic carbocycles. The van der Waals surface area contributed by atoms with Crippen molar-refractivity contribution in [2.75, 3.05) is 25.8 Å². The molecule has 0 saturated heterocycles. The van der Waals surface area contributed by atoms with Crippen molar-refractivity contribution in [3.8, 4) is 5.75 Å². The van der Waals surface area contributed by atoms with E-state index in [1.54, 1.807) is 38.4 Å². The Morgan fingerprint density at radius 2 is 1.83 bits per heavy atom. The number of methoxy groups -OCH3 is 1. The van der Waals surface area contributed by atoms with E-state index in [9.17, 15) is 9.59 Å². The molecule has 0 fully saturated rings. The zero-order valence-corrected chi connectivity index (χ0v) is 10.5. The first-order valence-electron chi connectivity index (χ1n) is 5.25. The molecule has 6 nitrogen and oxygen atoms in total. The van der Waals surface area contributed by atoms with Gasteiger partial charge in [0.25, 0.3) is 0 Å². The Morgan fingerprint density at radius 1 is 1.22 bits per heavy atom. The van der Waals surface area contributed by atoms with Gasteiger partial charge in [0.05, 0.1) is 12.8 Å². The van der Waals surface area contributed by atoms with Crippen LogP contribution in [0.25, 0.3) is 0 Å². The number of anilines is 1. The fourth-order valence-electron chi connectivity index (χ4n) is 1.18. The summed E-state index contributed by atoms with van der Waals surface area (Å²) < 4.78 is 9.53. The van der Waals surface area contributed by atoms with E-state index < -0.39 is 18.5 Å². The van der Waals surface area contributed by atoms with Crippen LogP contribution in [0, 0.1) is 0 Å². The largest absolute Gasteiger partial charge is 0.497 e. The van der Waals surface area contributed by atoms with Crippen LogP contribution in [0.5, 0.6) is 5.75 Å². The molecule has 0 saturated carbocycles. The van der Waals surface area contributed by atoms with E-state index in [4.69, 9.17) is 9.57 Å². The molecule has 0 spiro atoms. The Morgan fingerprint density at radius 3 is 2.33 bits per heavy atom. The number of ether oxygens (including phenoxy) is 2. The Balaban J connectivity index is 2.50. The summed E-state index contributed by atoms with van der Waals surface area (Å²) >= 11 is 0. The van der Waals surface area contributed by atoms with Crippen LogP contribution < -0.4 is 9.80 Å².